The second kappa shape index (κ2) is 3.47. The van der Waals surface area contributed by atoms with E-state index in [0.717, 1.165) is 18.8 Å². The van der Waals surface area contributed by atoms with Crippen LogP contribution in [0.4, 0.5) is 0 Å². The average Bonchev–Trinajstić information content (AvgIpc) is 2.41. The fourth-order valence-corrected chi connectivity index (χ4v) is 5.11. The molecule has 2 nitrogen and oxygen atoms in total. The van der Waals surface area contributed by atoms with Gasteiger partial charge in [0, 0.05) is 11.8 Å². The Morgan fingerprint density at radius 1 is 1.05 bits per heavy atom. The molecular formula is C17H20O2. The molecule has 0 aromatic rings. The molecule has 3 fully saturated rings. The first-order valence-electron chi connectivity index (χ1n) is 7.46. The average molecular weight is 256 g/mol. The van der Waals surface area contributed by atoms with Crippen molar-refractivity contribution < 1.29 is 9.59 Å². The Morgan fingerprint density at radius 2 is 1.79 bits per heavy atom. The number of carbonyl (C=O) groups is 2. The van der Waals surface area contributed by atoms with Crippen molar-refractivity contribution in [3.63, 3.8) is 0 Å². The molecule has 0 aromatic carbocycles. The van der Waals surface area contributed by atoms with Gasteiger partial charge in [-0.15, -0.1) is 0 Å². The molecule has 2 unspecified atom stereocenters. The van der Waals surface area contributed by atoms with Crippen molar-refractivity contribution in [2.45, 2.75) is 33.1 Å². The van der Waals surface area contributed by atoms with Crippen LogP contribution in [0.3, 0.4) is 0 Å². The third-order valence-corrected chi connectivity index (χ3v) is 6.42. The number of ketones is 2. The monoisotopic (exact) mass is 256 g/mol. The van der Waals surface area contributed by atoms with Crippen LogP contribution in [0.5, 0.6) is 0 Å². The van der Waals surface area contributed by atoms with E-state index in [1.165, 1.54) is 24.1 Å². The Kier molecular flexibility index (Phi) is 2.13. The van der Waals surface area contributed by atoms with Crippen LogP contribution in [0, 0.1) is 35.0 Å². The number of rotatable bonds is 0. The van der Waals surface area contributed by atoms with Crippen molar-refractivity contribution in [2.24, 2.45) is 35.0 Å². The van der Waals surface area contributed by atoms with E-state index in [9.17, 15) is 9.59 Å². The normalized spacial score (nSPS) is 46.0. The second-order valence-corrected chi connectivity index (χ2v) is 7.36. The van der Waals surface area contributed by atoms with E-state index in [-0.39, 0.29) is 23.4 Å². The van der Waals surface area contributed by atoms with E-state index in [1.54, 1.807) is 0 Å². The van der Waals surface area contributed by atoms with Crippen LogP contribution >= 0.6 is 0 Å². The molecule has 5 aliphatic rings. The van der Waals surface area contributed by atoms with E-state index < -0.39 is 0 Å². The highest BCUT2D eigenvalue weighted by Gasteiger charge is 2.59. The highest BCUT2D eigenvalue weighted by Crippen LogP contribution is 2.65. The molecule has 0 aromatic heterocycles. The molecule has 2 bridgehead atoms. The van der Waals surface area contributed by atoms with E-state index in [1.807, 2.05) is 0 Å². The number of allylic oxidation sites excluding steroid dienone is 4. The predicted octanol–water partition coefficient (Wildman–Crippen LogP) is 2.94. The summed E-state index contributed by atoms with van der Waals surface area (Å²) >= 11 is 0. The topological polar surface area (TPSA) is 34.1 Å². The first-order valence-corrected chi connectivity index (χ1v) is 7.46. The third-order valence-electron chi connectivity index (χ3n) is 6.42. The summed E-state index contributed by atoms with van der Waals surface area (Å²) in [7, 11) is 0. The fourth-order valence-electron chi connectivity index (χ4n) is 5.11. The minimum atomic E-state index is -0.0631. The lowest BCUT2D eigenvalue weighted by Crippen LogP contribution is -2.56. The van der Waals surface area contributed by atoms with E-state index in [4.69, 9.17) is 0 Å². The van der Waals surface area contributed by atoms with Crippen LogP contribution in [-0.2, 0) is 9.59 Å². The van der Waals surface area contributed by atoms with Crippen molar-refractivity contribution in [1.29, 1.82) is 0 Å². The summed E-state index contributed by atoms with van der Waals surface area (Å²) in [6.45, 7) is 4.73. The second-order valence-electron chi connectivity index (χ2n) is 7.36. The lowest BCUT2D eigenvalue weighted by Gasteiger charge is -2.62. The summed E-state index contributed by atoms with van der Waals surface area (Å²) in [5, 5.41) is 0. The van der Waals surface area contributed by atoms with Crippen LogP contribution < -0.4 is 0 Å². The molecule has 5 aliphatic carbocycles. The van der Waals surface area contributed by atoms with Gasteiger partial charge in [-0.05, 0) is 54.6 Å². The zero-order valence-corrected chi connectivity index (χ0v) is 11.6. The van der Waals surface area contributed by atoms with Gasteiger partial charge in [-0.2, -0.15) is 0 Å². The molecule has 2 heteroatoms. The molecule has 5 rings (SSSR count). The highest BCUT2D eigenvalue weighted by molar-refractivity contribution is 6.07. The predicted molar refractivity (Wildman–Crippen MR) is 72.3 cm³/mol. The van der Waals surface area contributed by atoms with Crippen LogP contribution in [0.2, 0.25) is 0 Å². The molecular weight excluding hydrogens is 236 g/mol. The Bertz CT molecular complexity index is 537. The molecule has 5 atom stereocenters. The van der Waals surface area contributed by atoms with Crippen LogP contribution in [0.25, 0.3) is 0 Å². The number of hydrogen-bond acceptors (Lipinski definition) is 2. The smallest absolute Gasteiger partial charge is 0.160 e. The Hall–Kier alpha value is -1.18. The van der Waals surface area contributed by atoms with Gasteiger partial charge < -0.3 is 0 Å². The van der Waals surface area contributed by atoms with Crippen LogP contribution in [0.1, 0.15) is 33.1 Å². The number of carbonyl (C=O) groups excluding carboxylic acids is 2. The molecule has 100 valence electrons. The molecule has 0 N–H and O–H groups in total. The van der Waals surface area contributed by atoms with E-state index in [2.05, 4.69) is 19.9 Å². The first-order chi connectivity index (χ1) is 9.00. The maximum atomic E-state index is 12.2. The molecule has 0 spiro atoms. The SMILES string of the molecule is CC1(C)C2CC1C1=CC[C@@H]3C(=O)C=CC(=O)[C@@H]3[C@@H]1C2. The standard InChI is InChI=1S/C17H20O2/c1-17(2)9-7-12-10(13(17)8-9)3-4-11-14(18)5-6-15(19)16(11)12/h3,5-6,9,11-13,16H,4,7-8H2,1-2H3/t9?,11-,12-,13?,16+/m1/s1. The number of hydrogen-bond donors (Lipinski definition) is 0. The van der Waals surface area contributed by atoms with Crippen LogP contribution in [-0.4, -0.2) is 11.6 Å². The first kappa shape index (κ1) is 11.6. The molecule has 19 heavy (non-hydrogen) atoms. The molecule has 0 amide bonds. The van der Waals surface area contributed by atoms with Crippen molar-refractivity contribution >= 4 is 11.6 Å². The van der Waals surface area contributed by atoms with Gasteiger partial charge in [-0.1, -0.05) is 25.5 Å². The summed E-state index contributed by atoms with van der Waals surface area (Å²) in [4.78, 5) is 24.2. The van der Waals surface area contributed by atoms with Crippen LogP contribution in [0.15, 0.2) is 23.8 Å². The summed E-state index contributed by atoms with van der Waals surface area (Å²) in [6.07, 6.45) is 8.52. The van der Waals surface area contributed by atoms with E-state index in [0.29, 0.717) is 17.3 Å². The maximum absolute atomic E-state index is 12.2. The summed E-state index contributed by atoms with van der Waals surface area (Å²) in [6, 6.07) is 0. The Morgan fingerprint density at radius 3 is 2.53 bits per heavy atom. The molecule has 0 radical (unpaired) electrons. The molecule has 0 aliphatic heterocycles. The van der Waals surface area contributed by atoms with Gasteiger partial charge in [0.15, 0.2) is 11.6 Å². The van der Waals surface area contributed by atoms with Gasteiger partial charge in [0.25, 0.3) is 0 Å². The van der Waals surface area contributed by atoms with Gasteiger partial charge in [0.05, 0.1) is 0 Å². The summed E-state index contributed by atoms with van der Waals surface area (Å²) < 4.78 is 0. The lowest BCUT2D eigenvalue weighted by molar-refractivity contribution is -0.135. The lowest BCUT2D eigenvalue weighted by atomic mass is 9.42. The van der Waals surface area contributed by atoms with Crippen molar-refractivity contribution in [1.82, 2.24) is 0 Å². The highest BCUT2D eigenvalue weighted by atomic mass is 16.1. The van der Waals surface area contributed by atoms with Gasteiger partial charge in [-0.25, -0.2) is 0 Å². The van der Waals surface area contributed by atoms with Crippen molar-refractivity contribution in [3.8, 4) is 0 Å². The molecule has 3 saturated carbocycles. The van der Waals surface area contributed by atoms with Crippen molar-refractivity contribution in [3.05, 3.63) is 23.8 Å². The quantitative estimate of drug-likeness (QED) is 0.624. The maximum Gasteiger partial charge on any atom is 0.160 e. The van der Waals surface area contributed by atoms with Gasteiger partial charge in [-0.3, -0.25) is 9.59 Å². The molecule has 0 saturated heterocycles. The minimum absolute atomic E-state index is 0.0427. The summed E-state index contributed by atoms with van der Waals surface area (Å²) in [5.74, 6) is 2.01. The Balaban J connectivity index is 1.75. The zero-order valence-electron chi connectivity index (χ0n) is 11.6. The van der Waals surface area contributed by atoms with Gasteiger partial charge in [0.2, 0.25) is 0 Å². The zero-order chi connectivity index (χ0) is 13.4. The largest absolute Gasteiger partial charge is 0.295 e. The molecule has 0 heterocycles. The minimum Gasteiger partial charge on any atom is -0.295 e. The van der Waals surface area contributed by atoms with Gasteiger partial charge in [0.1, 0.15) is 0 Å². The van der Waals surface area contributed by atoms with Gasteiger partial charge >= 0.3 is 0 Å². The summed E-state index contributed by atoms with van der Waals surface area (Å²) in [5.41, 5.74) is 1.91. The van der Waals surface area contributed by atoms with E-state index >= 15 is 0 Å². The Labute approximate surface area is 113 Å². The third kappa shape index (κ3) is 1.32. The fraction of sp³-hybridized carbons (Fsp3) is 0.647. The van der Waals surface area contributed by atoms with Crippen molar-refractivity contribution in [2.75, 3.05) is 0 Å². The number of fused-ring (bicyclic) bond motifs is 1.